The lowest BCUT2D eigenvalue weighted by Gasteiger charge is -2.21. The van der Waals surface area contributed by atoms with Crippen LogP contribution in [-0.4, -0.2) is 11.0 Å². The van der Waals surface area contributed by atoms with Crippen molar-refractivity contribution in [3.8, 4) is 0 Å². The lowest BCUT2D eigenvalue weighted by molar-refractivity contribution is 0.509. The third kappa shape index (κ3) is 4.02. The van der Waals surface area contributed by atoms with Gasteiger partial charge in [-0.25, -0.2) is 4.98 Å². The van der Waals surface area contributed by atoms with Gasteiger partial charge < -0.3 is 11.1 Å². The molecule has 6 heteroatoms. The minimum Gasteiger partial charge on any atom is -0.379 e. The fourth-order valence-corrected chi connectivity index (χ4v) is 6.50. The van der Waals surface area contributed by atoms with Gasteiger partial charge in [0, 0.05) is 34.3 Å². The van der Waals surface area contributed by atoms with E-state index in [2.05, 4.69) is 29.8 Å². The Hall–Kier alpha value is -1.14. The molecule has 27 heavy (non-hydrogen) atoms. The van der Waals surface area contributed by atoms with Crippen molar-refractivity contribution in [2.24, 2.45) is 5.73 Å². The number of halogens is 1. The summed E-state index contributed by atoms with van der Waals surface area (Å²) in [5, 5.41) is 6.25. The number of nitrogens with one attached hydrogen (secondary N) is 1. The quantitative estimate of drug-likeness (QED) is 0.363. The summed E-state index contributed by atoms with van der Waals surface area (Å²) >= 11 is 10.0. The summed E-state index contributed by atoms with van der Waals surface area (Å²) in [6.45, 7) is 3.03. The summed E-state index contributed by atoms with van der Waals surface area (Å²) in [5.41, 5.74) is 10.1. The van der Waals surface area contributed by atoms with Gasteiger partial charge in [-0.3, -0.25) is 0 Å². The van der Waals surface area contributed by atoms with Crippen molar-refractivity contribution in [2.75, 3.05) is 5.32 Å². The van der Waals surface area contributed by atoms with Crippen LogP contribution in [0.25, 0.3) is 10.2 Å². The first-order chi connectivity index (χ1) is 13.2. The van der Waals surface area contributed by atoms with E-state index in [9.17, 15) is 0 Å². The number of fused-ring (bicyclic) bond motifs is 1. The lowest BCUT2D eigenvalue weighted by Crippen LogP contribution is -2.27. The molecule has 3 aromatic heterocycles. The Morgan fingerprint density at radius 1 is 1.30 bits per heavy atom. The van der Waals surface area contributed by atoms with Gasteiger partial charge in [-0.1, -0.05) is 43.9 Å². The van der Waals surface area contributed by atoms with Crippen LogP contribution >= 0.6 is 34.3 Å². The number of thiophene rings is 2. The van der Waals surface area contributed by atoms with Gasteiger partial charge in [-0.15, -0.1) is 22.7 Å². The molecule has 0 unspecified atom stereocenters. The molecule has 0 radical (unpaired) electrons. The summed E-state index contributed by atoms with van der Waals surface area (Å²) < 4.78 is 1.22. The molecule has 1 saturated carbocycles. The number of aryl methyl sites for hydroxylation is 1. The summed E-state index contributed by atoms with van der Waals surface area (Å²) in [5.74, 6) is 0.450. The summed E-state index contributed by atoms with van der Waals surface area (Å²) in [6, 6.07) is 6.45. The van der Waals surface area contributed by atoms with Crippen LogP contribution in [-0.2, 0) is 13.0 Å². The van der Waals surface area contributed by atoms with Gasteiger partial charge in [0.05, 0.1) is 15.9 Å². The number of nitrogens with zero attached hydrogens (tertiary/aromatic N) is 1. The van der Waals surface area contributed by atoms with Crippen molar-refractivity contribution >= 4 is 50.2 Å². The molecule has 0 spiro atoms. The molecule has 0 aliphatic heterocycles. The molecule has 0 amide bonds. The largest absolute Gasteiger partial charge is 0.379 e. The van der Waals surface area contributed by atoms with Crippen LogP contribution in [0.2, 0.25) is 5.15 Å². The molecular weight excluding hydrogens is 394 g/mol. The maximum atomic E-state index is 6.59. The number of pyridine rings is 1. The summed E-state index contributed by atoms with van der Waals surface area (Å²) in [6.07, 6.45) is 7.10. The van der Waals surface area contributed by atoms with Crippen molar-refractivity contribution in [1.29, 1.82) is 0 Å². The van der Waals surface area contributed by atoms with E-state index in [4.69, 9.17) is 22.3 Å². The van der Waals surface area contributed by atoms with Crippen LogP contribution < -0.4 is 11.1 Å². The molecule has 1 aliphatic rings. The molecule has 3 N–H and O–H groups in total. The van der Waals surface area contributed by atoms with Crippen molar-refractivity contribution < 1.29 is 0 Å². The highest BCUT2D eigenvalue weighted by Gasteiger charge is 2.28. The molecule has 3 aromatic rings. The van der Waals surface area contributed by atoms with Gasteiger partial charge in [0.25, 0.3) is 0 Å². The second-order valence-electron chi connectivity index (χ2n) is 7.31. The number of rotatable bonds is 5. The zero-order chi connectivity index (χ0) is 18.8. The summed E-state index contributed by atoms with van der Waals surface area (Å²) in [4.78, 5) is 7.47. The smallest absolute Gasteiger partial charge is 0.131 e. The third-order valence-electron chi connectivity index (χ3n) is 5.53. The maximum Gasteiger partial charge on any atom is 0.131 e. The maximum absolute atomic E-state index is 6.59. The SMILES string of the molecule is CCc1c([C@H]2CCCCC[C@@H]2N)sc2c(NCc3cccs3)cc(Cl)nc12. The topological polar surface area (TPSA) is 50.9 Å². The second kappa shape index (κ2) is 8.48. The number of hydrogen-bond donors (Lipinski definition) is 2. The van der Waals surface area contributed by atoms with Crippen LogP contribution in [0.15, 0.2) is 23.6 Å². The Morgan fingerprint density at radius 3 is 2.93 bits per heavy atom. The van der Waals surface area contributed by atoms with Gasteiger partial charge in [0.1, 0.15) is 5.15 Å². The molecule has 0 saturated heterocycles. The van der Waals surface area contributed by atoms with Crippen LogP contribution in [0.4, 0.5) is 5.69 Å². The standard InChI is InChI=1S/C21H26ClN3S2/c1-2-14-19-21(27-20(14)15-8-4-3-5-9-16(15)23)17(11-18(22)25-19)24-12-13-7-6-10-26-13/h6-7,10-11,15-16H,2-5,8-9,12,23H2,1H3,(H,24,25)/t15-,16-/m0/s1. The first kappa shape index (κ1) is 19.2. The molecule has 4 rings (SSSR count). The zero-order valence-corrected chi connectivity index (χ0v) is 18.0. The number of nitrogens with two attached hydrogens (primary N) is 1. The van der Waals surface area contributed by atoms with E-state index in [1.54, 1.807) is 11.3 Å². The third-order valence-corrected chi connectivity index (χ3v) is 7.99. The van der Waals surface area contributed by atoms with Gasteiger partial charge in [0.15, 0.2) is 0 Å². The Bertz CT molecular complexity index is 904. The van der Waals surface area contributed by atoms with E-state index in [-0.39, 0.29) is 6.04 Å². The molecule has 144 valence electrons. The fraction of sp³-hybridized carbons (Fsp3) is 0.476. The molecule has 0 bridgehead atoms. The average molecular weight is 420 g/mol. The molecule has 1 fully saturated rings. The minimum atomic E-state index is 0.254. The van der Waals surface area contributed by atoms with E-state index >= 15 is 0 Å². The second-order valence-corrected chi connectivity index (χ2v) is 9.78. The van der Waals surface area contributed by atoms with E-state index in [1.165, 1.54) is 45.7 Å². The monoisotopic (exact) mass is 419 g/mol. The molecule has 0 aromatic carbocycles. The highest BCUT2D eigenvalue weighted by atomic mass is 35.5. The van der Waals surface area contributed by atoms with Gasteiger partial charge in [-0.2, -0.15) is 0 Å². The first-order valence-corrected chi connectivity index (χ1v) is 11.9. The molecule has 2 atom stereocenters. The van der Waals surface area contributed by atoms with Crippen LogP contribution in [0.1, 0.15) is 60.3 Å². The van der Waals surface area contributed by atoms with E-state index in [1.807, 2.05) is 17.4 Å². The predicted octanol–water partition coefficient (Wildman–Crippen LogP) is 6.56. The van der Waals surface area contributed by atoms with E-state index < -0.39 is 0 Å². The van der Waals surface area contributed by atoms with Crippen molar-refractivity contribution in [3.05, 3.63) is 44.1 Å². The van der Waals surface area contributed by atoms with Crippen LogP contribution in [0.5, 0.6) is 0 Å². The number of aromatic nitrogens is 1. The minimum absolute atomic E-state index is 0.254. The average Bonchev–Trinajstić information content (AvgIpc) is 3.24. The Labute approximate surface area is 174 Å². The van der Waals surface area contributed by atoms with E-state index in [0.717, 1.165) is 30.6 Å². The lowest BCUT2D eigenvalue weighted by atomic mass is 9.91. The molecule has 3 heterocycles. The predicted molar refractivity (Wildman–Crippen MR) is 119 cm³/mol. The molecule has 3 nitrogen and oxygen atoms in total. The number of hydrogen-bond acceptors (Lipinski definition) is 5. The molecule has 1 aliphatic carbocycles. The first-order valence-electron chi connectivity index (χ1n) is 9.81. The van der Waals surface area contributed by atoms with Gasteiger partial charge in [-0.05, 0) is 36.3 Å². The normalized spacial score (nSPS) is 20.7. The van der Waals surface area contributed by atoms with E-state index in [0.29, 0.717) is 11.1 Å². The van der Waals surface area contributed by atoms with Crippen molar-refractivity contribution in [3.63, 3.8) is 0 Å². The Kier molecular flexibility index (Phi) is 6.02. The Balaban J connectivity index is 1.75. The summed E-state index contributed by atoms with van der Waals surface area (Å²) in [7, 11) is 0. The highest BCUT2D eigenvalue weighted by Crippen LogP contribution is 2.44. The Morgan fingerprint density at radius 2 is 2.15 bits per heavy atom. The zero-order valence-electron chi connectivity index (χ0n) is 15.6. The molecular formula is C21H26ClN3S2. The number of anilines is 1. The van der Waals surface area contributed by atoms with Gasteiger partial charge in [0.2, 0.25) is 0 Å². The van der Waals surface area contributed by atoms with Crippen LogP contribution in [0, 0.1) is 0 Å². The highest BCUT2D eigenvalue weighted by molar-refractivity contribution is 7.20. The fourth-order valence-electron chi connectivity index (χ4n) is 4.13. The van der Waals surface area contributed by atoms with Crippen molar-refractivity contribution in [1.82, 2.24) is 4.98 Å². The van der Waals surface area contributed by atoms with Crippen LogP contribution in [0.3, 0.4) is 0 Å². The van der Waals surface area contributed by atoms with Crippen molar-refractivity contribution in [2.45, 2.75) is 64.0 Å². The van der Waals surface area contributed by atoms with Gasteiger partial charge >= 0.3 is 0 Å².